The van der Waals surface area contributed by atoms with Crippen LogP contribution in [0.4, 0.5) is 5.69 Å². The van der Waals surface area contributed by atoms with Gasteiger partial charge in [-0.1, -0.05) is 42.5 Å². The van der Waals surface area contributed by atoms with Gasteiger partial charge in [-0.15, -0.1) is 11.8 Å². The fourth-order valence-corrected chi connectivity index (χ4v) is 3.48. The molecule has 3 rings (SSSR count). The van der Waals surface area contributed by atoms with E-state index in [0.29, 0.717) is 6.04 Å². The number of likely N-dealkylation sites (tertiary alicyclic amines) is 1. The van der Waals surface area contributed by atoms with Crippen molar-refractivity contribution in [3.05, 3.63) is 60.2 Å². The molecule has 1 N–H and O–H groups in total. The zero-order valence-electron chi connectivity index (χ0n) is 12.5. The molecule has 1 unspecified atom stereocenters. The molecule has 1 heterocycles. The first-order chi connectivity index (χ1) is 10.3. The van der Waals surface area contributed by atoms with Crippen LogP contribution in [-0.2, 0) is 6.54 Å². The molecule has 2 aromatic rings. The molecule has 3 heteroatoms. The third-order valence-electron chi connectivity index (χ3n) is 3.99. The molecule has 1 fully saturated rings. The Bertz CT molecular complexity index is 570. The van der Waals surface area contributed by atoms with E-state index in [1.54, 1.807) is 11.8 Å². The summed E-state index contributed by atoms with van der Waals surface area (Å²) >= 11 is 1.81. The Labute approximate surface area is 131 Å². The standard InChI is InChI=1S/C18H22N2S/c1-21-18-10-6-5-9-17(18)19-16-11-12-20(14-16)13-15-7-3-2-4-8-15/h2-10,16,19H,11-14H2,1H3. The average molecular weight is 298 g/mol. The van der Waals surface area contributed by atoms with Crippen molar-refractivity contribution in [1.82, 2.24) is 4.90 Å². The topological polar surface area (TPSA) is 15.3 Å². The third-order valence-corrected chi connectivity index (χ3v) is 4.78. The van der Waals surface area contributed by atoms with Gasteiger partial charge < -0.3 is 5.32 Å². The van der Waals surface area contributed by atoms with E-state index in [4.69, 9.17) is 0 Å². The van der Waals surface area contributed by atoms with Crippen LogP contribution in [0.1, 0.15) is 12.0 Å². The Kier molecular flexibility index (Phi) is 4.84. The minimum Gasteiger partial charge on any atom is -0.380 e. The molecule has 1 aliphatic heterocycles. The molecule has 21 heavy (non-hydrogen) atoms. The SMILES string of the molecule is CSc1ccccc1NC1CCN(Cc2ccccc2)C1. The van der Waals surface area contributed by atoms with Crippen LogP contribution >= 0.6 is 11.8 Å². The number of thioether (sulfide) groups is 1. The summed E-state index contributed by atoms with van der Waals surface area (Å²) in [6, 6.07) is 19.9. The summed E-state index contributed by atoms with van der Waals surface area (Å²) in [5.74, 6) is 0. The summed E-state index contributed by atoms with van der Waals surface area (Å²) in [5, 5.41) is 3.71. The van der Waals surface area contributed by atoms with Crippen LogP contribution in [0.5, 0.6) is 0 Å². The van der Waals surface area contributed by atoms with E-state index in [2.05, 4.69) is 71.1 Å². The van der Waals surface area contributed by atoms with Crippen molar-refractivity contribution in [2.45, 2.75) is 23.9 Å². The molecular formula is C18H22N2S. The molecule has 0 bridgehead atoms. The molecule has 0 aromatic heterocycles. The minimum atomic E-state index is 0.557. The van der Waals surface area contributed by atoms with Crippen LogP contribution in [0.2, 0.25) is 0 Å². The second kappa shape index (κ2) is 7.01. The van der Waals surface area contributed by atoms with Crippen LogP contribution in [-0.4, -0.2) is 30.3 Å². The van der Waals surface area contributed by atoms with Gasteiger partial charge in [-0.2, -0.15) is 0 Å². The number of nitrogens with one attached hydrogen (secondary N) is 1. The lowest BCUT2D eigenvalue weighted by molar-refractivity contribution is 0.328. The van der Waals surface area contributed by atoms with E-state index in [9.17, 15) is 0 Å². The summed E-state index contributed by atoms with van der Waals surface area (Å²) in [6.07, 6.45) is 3.35. The van der Waals surface area contributed by atoms with Gasteiger partial charge in [0.1, 0.15) is 0 Å². The van der Waals surface area contributed by atoms with Crippen LogP contribution in [0.25, 0.3) is 0 Å². The molecule has 1 atom stereocenters. The molecule has 2 aromatic carbocycles. The van der Waals surface area contributed by atoms with Crippen molar-refractivity contribution in [1.29, 1.82) is 0 Å². The molecular weight excluding hydrogens is 276 g/mol. The Balaban J connectivity index is 1.57. The van der Waals surface area contributed by atoms with Gasteiger partial charge in [0.2, 0.25) is 0 Å². The first-order valence-corrected chi connectivity index (χ1v) is 8.73. The summed E-state index contributed by atoms with van der Waals surface area (Å²) in [6.45, 7) is 3.36. The van der Waals surface area contributed by atoms with Gasteiger partial charge in [0.15, 0.2) is 0 Å². The zero-order chi connectivity index (χ0) is 14.5. The third kappa shape index (κ3) is 3.80. The van der Waals surface area contributed by atoms with Crippen LogP contribution < -0.4 is 5.32 Å². The van der Waals surface area contributed by atoms with Crippen molar-refractivity contribution in [3.8, 4) is 0 Å². The van der Waals surface area contributed by atoms with Crippen molar-refractivity contribution in [3.63, 3.8) is 0 Å². The molecule has 1 aliphatic rings. The van der Waals surface area contributed by atoms with Crippen LogP contribution in [0.15, 0.2) is 59.5 Å². The van der Waals surface area contributed by atoms with Crippen molar-refractivity contribution >= 4 is 17.4 Å². The second-order valence-electron chi connectivity index (χ2n) is 5.55. The fraction of sp³-hybridized carbons (Fsp3) is 0.333. The Morgan fingerprint density at radius 2 is 1.86 bits per heavy atom. The number of anilines is 1. The van der Waals surface area contributed by atoms with Gasteiger partial charge in [-0.25, -0.2) is 0 Å². The number of rotatable bonds is 5. The maximum atomic E-state index is 3.71. The lowest BCUT2D eigenvalue weighted by Crippen LogP contribution is -2.26. The highest BCUT2D eigenvalue weighted by Gasteiger charge is 2.22. The largest absolute Gasteiger partial charge is 0.380 e. The normalized spacial score (nSPS) is 18.8. The molecule has 0 aliphatic carbocycles. The van der Waals surface area contributed by atoms with Crippen LogP contribution in [0, 0.1) is 0 Å². The Morgan fingerprint density at radius 3 is 2.67 bits per heavy atom. The zero-order valence-corrected chi connectivity index (χ0v) is 13.3. The maximum Gasteiger partial charge on any atom is 0.0480 e. The monoisotopic (exact) mass is 298 g/mol. The first kappa shape index (κ1) is 14.5. The second-order valence-corrected chi connectivity index (χ2v) is 6.40. The van der Waals surface area contributed by atoms with Crippen LogP contribution in [0.3, 0.4) is 0 Å². The van der Waals surface area contributed by atoms with Crippen molar-refractivity contribution < 1.29 is 0 Å². The maximum absolute atomic E-state index is 3.71. The van der Waals surface area contributed by atoms with Gasteiger partial charge in [-0.3, -0.25) is 4.90 Å². The van der Waals surface area contributed by atoms with E-state index in [0.717, 1.165) is 13.1 Å². The lowest BCUT2D eigenvalue weighted by atomic mass is 10.2. The van der Waals surface area contributed by atoms with Crippen molar-refractivity contribution in [2.24, 2.45) is 0 Å². The number of nitrogens with zero attached hydrogens (tertiary/aromatic N) is 1. The molecule has 0 spiro atoms. The summed E-state index contributed by atoms with van der Waals surface area (Å²) in [5.41, 5.74) is 2.68. The van der Waals surface area contributed by atoms with Gasteiger partial charge in [0.05, 0.1) is 0 Å². The quantitative estimate of drug-likeness (QED) is 0.837. The molecule has 2 nitrogen and oxygen atoms in total. The summed E-state index contributed by atoms with van der Waals surface area (Å²) < 4.78 is 0. The average Bonchev–Trinajstić information content (AvgIpc) is 2.96. The molecule has 0 radical (unpaired) electrons. The van der Waals surface area contributed by atoms with E-state index in [1.807, 2.05) is 0 Å². The molecule has 0 saturated carbocycles. The highest BCUT2D eigenvalue weighted by Crippen LogP contribution is 2.27. The van der Waals surface area contributed by atoms with Gasteiger partial charge >= 0.3 is 0 Å². The number of benzene rings is 2. The lowest BCUT2D eigenvalue weighted by Gasteiger charge is -2.18. The van der Waals surface area contributed by atoms with Gasteiger partial charge in [0.25, 0.3) is 0 Å². The smallest absolute Gasteiger partial charge is 0.0480 e. The van der Waals surface area contributed by atoms with Crippen molar-refractivity contribution in [2.75, 3.05) is 24.7 Å². The fourth-order valence-electron chi connectivity index (χ4n) is 2.92. The van der Waals surface area contributed by atoms with Gasteiger partial charge in [0, 0.05) is 36.3 Å². The molecule has 1 saturated heterocycles. The first-order valence-electron chi connectivity index (χ1n) is 7.51. The highest BCUT2D eigenvalue weighted by molar-refractivity contribution is 7.98. The predicted molar refractivity (Wildman–Crippen MR) is 92.0 cm³/mol. The summed E-state index contributed by atoms with van der Waals surface area (Å²) in [4.78, 5) is 3.87. The summed E-state index contributed by atoms with van der Waals surface area (Å²) in [7, 11) is 0. The number of hydrogen-bond acceptors (Lipinski definition) is 3. The Morgan fingerprint density at radius 1 is 1.10 bits per heavy atom. The molecule has 0 amide bonds. The van der Waals surface area contributed by atoms with E-state index in [-0.39, 0.29) is 0 Å². The van der Waals surface area contributed by atoms with E-state index >= 15 is 0 Å². The highest BCUT2D eigenvalue weighted by atomic mass is 32.2. The predicted octanol–water partition coefficient (Wildman–Crippen LogP) is 4.09. The Hall–Kier alpha value is -1.45. The number of para-hydroxylation sites is 1. The van der Waals surface area contributed by atoms with Gasteiger partial charge in [-0.05, 0) is 30.4 Å². The van der Waals surface area contributed by atoms with E-state index in [1.165, 1.54) is 29.1 Å². The minimum absolute atomic E-state index is 0.557. The number of hydrogen-bond donors (Lipinski definition) is 1. The van der Waals surface area contributed by atoms with E-state index < -0.39 is 0 Å². The molecule has 110 valence electrons.